The fraction of sp³-hybridized carbons (Fsp3) is 0.933. The van der Waals surface area contributed by atoms with Gasteiger partial charge in [-0.05, 0) is 32.1 Å². The molecule has 0 radical (unpaired) electrons. The lowest BCUT2D eigenvalue weighted by Crippen LogP contribution is -2.69. The third-order valence-electron chi connectivity index (χ3n) is 5.97. The summed E-state index contributed by atoms with van der Waals surface area (Å²) in [5.41, 5.74) is -0.610. The van der Waals surface area contributed by atoms with Crippen LogP contribution in [0.15, 0.2) is 0 Å². The molecule has 5 nitrogen and oxygen atoms in total. The fourth-order valence-corrected chi connectivity index (χ4v) is 4.76. The van der Waals surface area contributed by atoms with Crippen molar-refractivity contribution in [3.63, 3.8) is 0 Å². The molecule has 4 aliphatic heterocycles. The molecule has 5 rings (SSSR count). The Morgan fingerprint density at radius 1 is 1.10 bits per heavy atom. The van der Waals surface area contributed by atoms with Crippen molar-refractivity contribution in [3.8, 4) is 0 Å². The first-order chi connectivity index (χ1) is 9.46. The summed E-state index contributed by atoms with van der Waals surface area (Å²) in [6.07, 6.45) is 3.24. The molecule has 4 heterocycles. The first-order valence-electron chi connectivity index (χ1n) is 7.71. The Kier molecular flexibility index (Phi) is 2.58. The maximum Gasteiger partial charge on any atom is 0.311 e. The highest BCUT2D eigenvalue weighted by molar-refractivity contribution is 5.74. The van der Waals surface area contributed by atoms with Crippen LogP contribution in [0.1, 0.15) is 46.5 Å². The van der Waals surface area contributed by atoms with Crippen LogP contribution in [-0.4, -0.2) is 23.6 Å². The van der Waals surface area contributed by atoms with Crippen molar-refractivity contribution < 1.29 is 24.0 Å². The number of hydrogen-bond donors (Lipinski definition) is 0. The van der Waals surface area contributed by atoms with Crippen molar-refractivity contribution in [1.82, 2.24) is 0 Å². The molecule has 0 unspecified atom stereocenters. The van der Waals surface area contributed by atoms with Crippen LogP contribution in [0.25, 0.3) is 0 Å². The zero-order valence-electron chi connectivity index (χ0n) is 12.3. The zero-order chi connectivity index (χ0) is 14.1. The van der Waals surface area contributed by atoms with E-state index in [0.29, 0.717) is 11.8 Å². The Labute approximate surface area is 118 Å². The molecule has 1 spiro atoms. The largest absolute Gasteiger partial charge is 0.432 e. The van der Waals surface area contributed by atoms with Crippen molar-refractivity contribution in [2.24, 2.45) is 23.7 Å². The number of esters is 1. The zero-order valence-corrected chi connectivity index (χ0v) is 12.3. The number of rotatable bonds is 0. The number of fused-ring (bicyclic) bond motifs is 2. The van der Waals surface area contributed by atoms with Gasteiger partial charge in [-0.25, -0.2) is 9.78 Å². The third kappa shape index (κ3) is 1.46. The highest BCUT2D eigenvalue weighted by Gasteiger charge is 2.69. The summed E-state index contributed by atoms with van der Waals surface area (Å²) in [4.78, 5) is 23.7. The summed E-state index contributed by atoms with van der Waals surface area (Å²) in [6.45, 7) is 6.06. The van der Waals surface area contributed by atoms with E-state index >= 15 is 0 Å². The SMILES string of the molecule is C[C@@H]1CC[C@@H]2[C@@H](C)C(=O)O[C@H]3O[C@@]4(C)CC[C@@H]1[C@]32OO4. The number of hydrogen-bond acceptors (Lipinski definition) is 5. The molecule has 0 amide bonds. The van der Waals surface area contributed by atoms with Crippen molar-refractivity contribution in [3.05, 3.63) is 0 Å². The predicted molar refractivity (Wildman–Crippen MR) is 68.0 cm³/mol. The van der Waals surface area contributed by atoms with Crippen LogP contribution in [0.4, 0.5) is 0 Å². The Bertz CT molecular complexity index is 452. The lowest BCUT2D eigenvalue weighted by Gasteiger charge is -2.57. The van der Waals surface area contributed by atoms with Crippen LogP contribution < -0.4 is 0 Å². The molecular weight excluding hydrogens is 260 g/mol. The minimum atomic E-state index is -0.793. The van der Waals surface area contributed by atoms with Crippen molar-refractivity contribution >= 4 is 5.97 Å². The van der Waals surface area contributed by atoms with Gasteiger partial charge in [-0.2, -0.15) is 0 Å². The van der Waals surface area contributed by atoms with E-state index in [1.165, 1.54) is 0 Å². The van der Waals surface area contributed by atoms with E-state index in [9.17, 15) is 4.79 Å². The molecule has 112 valence electrons. The van der Waals surface area contributed by atoms with Gasteiger partial charge in [-0.3, -0.25) is 4.79 Å². The van der Waals surface area contributed by atoms with Gasteiger partial charge in [0.05, 0.1) is 5.92 Å². The van der Waals surface area contributed by atoms with Crippen molar-refractivity contribution in [2.75, 3.05) is 0 Å². The Balaban J connectivity index is 1.84. The Morgan fingerprint density at radius 3 is 2.70 bits per heavy atom. The molecule has 0 aromatic heterocycles. The molecule has 1 saturated carbocycles. The van der Waals surface area contributed by atoms with Crippen molar-refractivity contribution in [1.29, 1.82) is 0 Å². The molecule has 0 N–H and O–H groups in total. The Morgan fingerprint density at radius 2 is 1.90 bits per heavy atom. The molecule has 1 aliphatic carbocycles. The molecule has 7 atom stereocenters. The standard InChI is InChI=1S/C15H22O5/c1-8-4-5-11-9(2)12(16)17-13-15(11)10(8)6-7-14(3,18-13)19-20-15/h8-11,13H,4-7H2,1-3H3/t8-,9-,10+,11-,13+,14-,15-/m1/s1. The van der Waals surface area contributed by atoms with Crippen LogP contribution >= 0.6 is 0 Å². The minimum absolute atomic E-state index is 0.123. The minimum Gasteiger partial charge on any atom is -0.432 e. The summed E-state index contributed by atoms with van der Waals surface area (Å²) in [5, 5.41) is 0. The van der Waals surface area contributed by atoms with Gasteiger partial charge >= 0.3 is 5.97 Å². The normalized spacial score (nSPS) is 57.8. The molecule has 20 heavy (non-hydrogen) atoms. The number of ether oxygens (including phenoxy) is 2. The monoisotopic (exact) mass is 282 g/mol. The second kappa shape index (κ2) is 3.96. The topological polar surface area (TPSA) is 54.0 Å². The van der Waals surface area contributed by atoms with Gasteiger partial charge in [0.1, 0.15) is 0 Å². The average Bonchev–Trinajstić information content (AvgIpc) is 2.63. The van der Waals surface area contributed by atoms with Crippen LogP contribution in [-0.2, 0) is 24.0 Å². The third-order valence-corrected chi connectivity index (χ3v) is 5.97. The summed E-state index contributed by atoms with van der Waals surface area (Å²) < 4.78 is 11.6. The Hall–Kier alpha value is -0.650. The van der Waals surface area contributed by atoms with E-state index < -0.39 is 17.7 Å². The fourth-order valence-electron chi connectivity index (χ4n) is 4.76. The van der Waals surface area contributed by atoms with Gasteiger partial charge in [0, 0.05) is 18.3 Å². The first-order valence-corrected chi connectivity index (χ1v) is 7.71. The van der Waals surface area contributed by atoms with Gasteiger partial charge in [0.25, 0.3) is 0 Å². The van der Waals surface area contributed by atoms with E-state index in [1.54, 1.807) is 0 Å². The second-order valence-corrected chi connectivity index (χ2v) is 7.14. The molecule has 5 aliphatic rings. The van der Waals surface area contributed by atoms with E-state index in [-0.39, 0.29) is 17.8 Å². The molecular formula is C15H22O5. The van der Waals surface area contributed by atoms with E-state index in [2.05, 4.69) is 6.92 Å². The van der Waals surface area contributed by atoms with E-state index in [0.717, 1.165) is 25.7 Å². The quantitative estimate of drug-likeness (QED) is 0.504. The lowest BCUT2D eigenvalue weighted by atomic mass is 9.58. The highest BCUT2D eigenvalue weighted by atomic mass is 17.3. The highest BCUT2D eigenvalue weighted by Crippen LogP contribution is 2.59. The predicted octanol–water partition coefficient (Wildman–Crippen LogP) is 2.39. The van der Waals surface area contributed by atoms with Crippen LogP contribution in [0.3, 0.4) is 0 Å². The van der Waals surface area contributed by atoms with Gasteiger partial charge < -0.3 is 9.47 Å². The first kappa shape index (κ1) is 13.0. The number of carbonyl (C=O) groups excluding carboxylic acids is 1. The van der Waals surface area contributed by atoms with E-state index in [4.69, 9.17) is 19.2 Å². The average molecular weight is 282 g/mol. The molecule has 5 heteroatoms. The van der Waals surface area contributed by atoms with E-state index in [1.807, 2.05) is 13.8 Å². The summed E-state index contributed by atoms with van der Waals surface area (Å²) >= 11 is 0. The molecule has 0 aromatic rings. The second-order valence-electron chi connectivity index (χ2n) is 7.14. The van der Waals surface area contributed by atoms with Crippen LogP contribution in [0.5, 0.6) is 0 Å². The molecule has 0 aromatic carbocycles. The van der Waals surface area contributed by atoms with Gasteiger partial charge in [0.2, 0.25) is 12.1 Å². The van der Waals surface area contributed by atoms with Crippen LogP contribution in [0.2, 0.25) is 0 Å². The molecule has 4 saturated heterocycles. The lowest BCUT2D eigenvalue weighted by molar-refractivity contribution is -0.559. The maximum absolute atomic E-state index is 12.1. The molecule has 5 fully saturated rings. The van der Waals surface area contributed by atoms with Gasteiger partial charge in [-0.15, -0.1) is 0 Å². The summed E-state index contributed by atoms with van der Waals surface area (Å²) in [6, 6.07) is 0. The van der Waals surface area contributed by atoms with Gasteiger partial charge in [-0.1, -0.05) is 13.8 Å². The number of carbonyl (C=O) groups is 1. The summed E-state index contributed by atoms with van der Waals surface area (Å²) in [5.74, 6) is -0.137. The smallest absolute Gasteiger partial charge is 0.311 e. The van der Waals surface area contributed by atoms with Crippen molar-refractivity contribution in [2.45, 2.75) is 64.1 Å². The maximum atomic E-state index is 12.1. The molecule has 2 bridgehead atoms. The van der Waals surface area contributed by atoms with Gasteiger partial charge in [0.15, 0.2) is 5.60 Å². The van der Waals surface area contributed by atoms with Crippen LogP contribution in [0, 0.1) is 23.7 Å². The summed E-state index contributed by atoms with van der Waals surface area (Å²) in [7, 11) is 0.